The number of benzene rings is 3. The molecule has 0 saturated carbocycles. The maximum absolute atomic E-state index is 12.4. The Morgan fingerprint density at radius 1 is 1.00 bits per heavy atom. The van der Waals surface area contributed by atoms with Crippen LogP contribution in [0.5, 0.6) is 5.75 Å². The number of hydrazone groups is 1. The lowest BCUT2D eigenvalue weighted by molar-refractivity contribution is -0.385. The van der Waals surface area contributed by atoms with E-state index in [1.54, 1.807) is 30.3 Å². The number of non-ortho nitro benzene ring substituents is 2. The minimum Gasteiger partial charge on any atom is -0.488 e. The van der Waals surface area contributed by atoms with Gasteiger partial charge in [-0.25, -0.2) is 5.43 Å². The van der Waals surface area contributed by atoms with Crippen molar-refractivity contribution < 1.29 is 23.8 Å². The monoisotopic (exact) mass is 538 g/mol. The van der Waals surface area contributed by atoms with E-state index in [2.05, 4.69) is 26.5 Å². The van der Waals surface area contributed by atoms with Gasteiger partial charge in [-0.15, -0.1) is 0 Å². The third-order valence-electron chi connectivity index (χ3n) is 4.82. The molecule has 1 aromatic heterocycles. The third kappa shape index (κ3) is 5.68. The fraction of sp³-hybridized carbons (Fsp3) is 0.0435. The highest BCUT2D eigenvalue weighted by molar-refractivity contribution is 9.10. The summed E-state index contributed by atoms with van der Waals surface area (Å²) in [7, 11) is 0. The standard InChI is InChI=1S/C23H15BrN4O7/c24-17-3-7-20(34-13-14-1-4-18(5-2-14)27(30)31)16(9-17)12-25-26-23(29)22-11-15-10-19(28(32)33)6-8-21(15)35-22/h1-12H,13H2,(H,26,29)/b25-12+. The fourth-order valence-electron chi connectivity index (χ4n) is 3.10. The number of nitro groups is 2. The zero-order valence-corrected chi connectivity index (χ0v) is 19.3. The Morgan fingerprint density at radius 2 is 1.71 bits per heavy atom. The molecule has 1 N–H and O–H groups in total. The van der Waals surface area contributed by atoms with E-state index in [0.29, 0.717) is 22.3 Å². The van der Waals surface area contributed by atoms with Gasteiger partial charge in [0.25, 0.3) is 11.4 Å². The molecule has 176 valence electrons. The predicted molar refractivity (Wildman–Crippen MR) is 129 cm³/mol. The van der Waals surface area contributed by atoms with E-state index in [-0.39, 0.29) is 23.7 Å². The van der Waals surface area contributed by atoms with Crippen molar-refractivity contribution in [2.45, 2.75) is 6.61 Å². The number of carbonyl (C=O) groups excluding carboxylic acids is 1. The number of halogens is 1. The van der Waals surface area contributed by atoms with Crippen LogP contribution >= 0.6 is 15.9 Å². The van der Waals surface area contributed by atoms with Crippen LogP contribution in [-0.2, 0) is 6.61 Å². The molecule has 12 heteroatoms. The zero-order valence-electron chi connectivity index (χ0n) is 17.7. The van der Waals surface area contributed by atoms with Crippen LogP contribution in [0, 0.1) is 20.2 Å². The van der Waals surface area contributed by atoms with E-state index < -0.39 is 15.8 Å². The molecule has 0 bridgehead atoms. The van der Waals surface area contributed by atoms with Crippen LogP contribution in [0.15, 0.2) is 80.7 Å². The number of hydrogen-bond acceptors (Lipinski definition) is 8. The molecule has 0 aliphatic carbocycles. The van der Waals surface area contributed by atoms with Gasteiger partial charge in [-0.2, -0.15) is 5.10 Å². The first kappa shape index (κ1) is 23.6. The average Bonchev–Trinajstić information content (AvgIpc) is 3.27. The van der Waals surface area contributed by atoms with Crippen LogP contribution in [0.4, 0.5) is 11.4 Å². The van der Waals surface area contributed by atoms with E-state index in [9.17, 15) is 25.0 Å². The Morgan fingerprint density at radius 3 is 2.43 bits per heavy atom. The molecular formula is C23H15BrN4O7. The molecule has 3 aromatic carbocycles. The molecular weight excluding hydrogens is 524 g/mol. The highest BCUT2D eigenvalue weighted by Crippen LogP contribution is 2.25. The molecule has 0 radical (unpaired) electrons. The number of hydrogen-bond donors (Lipinski definition) is 1. The van der Waals surface area contributed by atoms with Gasteiger partial charge in [-0.05, 0) is 48.0 Å². The van der Waals surface area contributed by atoms with Gasteiger partial charge in [0.05, 0.1) is 16.1 Å². The second-order valence-corrected chi connectivity index (χ2v) is 8.10. The summed E-state index contributed by atoms with van der Waals surface area (Å²) >= 11 is 3.38. The molecule has 11 nitrogen and oxygen atoms in total. The molecule has 0 spiro atoms. The maximum Gasteiger partial charge on any atom is 0.307 e. The van der Waals surface area contributed by atoms with Gasteiger partial charge in [-0.1, -0.05) is 15.9 Å². The van der Waals surface area contributed by atoms with E-state index in [4.69, 9.17) is 9.15 Å². The van der Waals surface area contributed by atoms with Crippen molar-refractivity contribution in [1.29, 1.82) is 0 Å². The van der Waals surface area contributed by atoms with Crippen molar-refractivity contribution in [1.82, 2.24) is 5.43 Å². The van der Waals surface area contributed by atoms with Crippen molar-refractivity contribution in [2.75, 3.05) is 0 Å². The number of nitrogens with zero attached hydrogens (tertiary/aromatic N) is 3. The molecule has 0 saturated heterocycles. The minimum absolute atomic E-state index is 0.0105. The Bertz CT molecular complexity index is 1460. The quantitative estimate of drug-likeness (QED) is 0.180. The molecule has 0 aliphatic heterocycles. The maximum atomic E-state index is 12.4. The highest BCUT2D eigenvalue weighted by atomic mass is 79.9. The fourth-order valence-corrected chi connectivity index (χ4v) is 3.48. The number of ether oxygens (including phenoxy) is 1. The van der Waals surface area contributed by atoms with Gasteiger partial charge in [0, 0.05) is 39.7 Å². The van der Waals surface area contributed by atoms with E-state index >= 15 is 0 Å². The number of rotatable bonds is 8. The van der Waals surface area contributed by atoms with Crippen molar-refractivity contribution in [3.63, 3.8) is 0 Å². The Hall–Kier alpha value is -4.58. The molecule has 4 rings (SSSR count). The van der Waals surface area contributed by atoms with Gasteiger partial charge in [-0.3, -0.25) is 25.0 Å². The van der Waals surface area contributed by atoms with Crippen LogP contribution in [0.2, 0.25) is 0 Å². The summed E-state index contributed by atoms with van der Waals surface area (Å²) in [5, 5.41) is 26.1. The number of carbonyl (C=O) groups is 1. The van der Waals surface area contributed by atoms with Crippen LogP contribution in [0.3, 0.4) is 0 Å². The molecule has 0 unspecified atom stereocenters. The number of furan rings is 1. The second kappa shape index (κ2) is 10.1. The summed E-state index contributed by atoms with van der Waals surface area (Å²) in [6.45, 7) is 0.165. The van der Waals surface area contributed by atoms with Crippen LogP contribution in [-0.4, -0.2) is 22.0 Å². The lowest BCUT2D eigenvalue weighted by Crippen LogP contribution is -2.16. The molecule has 0 atom stereocenters. The summed E-state index contributed by atoms with van der Waals surface area (Å²) < 4.78 is 12.0. The van der Waals surface area contributed by atoms with Crippen molar-refractivity contribution >= 4 is 50.4 Å². The Kier molecular flexibility index (Phi) is 6.83. The Balaban J connectivity index is 1.44. The minimum atomic E-state index is -0.636. The predicted octanol–water partition coefficient (Wildman–Crippen LogP) is 5.35. The summed E-state index contributed by atoms with van der Waals surface area (Å²) in [4.78, 5) is 33.1. The van der Waals surface area contributed by atoms with E-state index in [1.807, 2.05) is 0 Å². The zero-order chi connectivity index (χ0) is 24.9. The number of fused-ring (bicyclic) bond motifs is 1. The van der Waals surface area contributed by atoms with Gasteiger partial charge < -0.3 is 9.15 Å². The van der Waals surface area contributed by atoms with E-state index in [1.165, 1.54) is 42.6 Å². The smallest absolute Gasteiger partial charge is 0.307 e. The summed E-state index contributed by atoms with van der Waals surface area (Å²) in [6, 6.07) is 16.6. The normalized spacial score (nSPS) is 11.0. The van der Waals surface area contributed by atoms with Gasteiger partial charge in [0.2, 0.25) is 0 Å². The lowest BCUT2D eigenvalue weighted by atomic mass is 10.2. The van der Waals surface area contributed by atoms with Crippen LogP contribution < -0.4 is 10.2 Å². The first-order chi connectivity index (χ1) is 16.8. The largest absolute Gasteiger partial charge is 0.488 e. The van der Waals surface area contributed by atoms with Crippen molar-refractivity contribution in [3.8, 4) is 5.75 Å². The van der Waals surface area contributed by atoms with Gasteiger partial charge in [0.15, 0.2) is 5.76 Å². The highest BCUT2D eigenvalue weighted by Gasteiger charge is 2.15. The molecule has 1 heterocycles. The van der Waals surface area contributed by atoms with Crippen molar-refractivity contribution in [2.24, 2.45) is 5.10 Å². The third-order valence-corrected chi connectivity index (χ3v) is 5.31. The number of amides is 1. The molecule has 1 amide bonds. The van der Waals surface area contributed by atoms with Crippen LogP contribution in [0.1, 0.15) is 21.7 Å². The lowest BCUT2D eigenvalue weighted by Gasteiger charge is -2.09. The molecule has 4 aromatic rings. The first-order valence-electron chi connectivity index (χ1n) is 9.97. The molecule has 0 fully saturated rings. The van der Waals surface area contributed by atoms with Gasteiger partial charge >= 0.3 is 5.91 Å². The molecule has 0 aliphatic rings. The average molecular weight is 539 g/mol. The molecule has 35 heavy (non-hydrogen) atoms. The first-order valence-corrected chi connectivity index (χ1v) is 10.8. The number of nitrogens with one attached hydrogen (secondary N) is 1. The Labute approximate surface area is 205 Å². The summed E-state index contributed by atoms with van der Waals surface area (Å²) in [5.74, 6) is -0.217. The van der Waals surface area contributed by atoms with Crippen molar-refractivity contribution in [3.05, 3.63) is 108 Å². The summed E-state index contributed by atoms with van der Waals surface area (Å²) in [6.07, 6.45) is 1.39. The summed E-state index contributed by atoms with van der Waals surface area (Å²) in [5.41, 5.74) is 3.85. The topological polar surface area (TPSA) is 150 Å². The van der Waals surface area contributed by atoms with Gasteiger partial charge in [0.1, 0.15) is 17.9 Å². The SMILES string of the molecule is O=C(N/N=C/c1cc(Br)ccc1OCc1ccc([N+](=O)[O-])cc1)c1cc2cc([N+](=O)[O-])ccc2o1. The number of nitro benzene ring substituents is 2. The second-order valence-electron chi connectivity index (χ2n) is 7.18. The van der Waals surface area contributed by atoms with E-state index in [0.717, 1.165) is 10.0 Å². The van der Waals surface area contributed by atoms with Crippen LogP contribution in [0.25, 0.3) is 11.0 Å².